The Kier molecular flexibility index (Phi) is 12.9. The van der Waals surface area contributed by atoms with Crippen molar-refractivity contribution in [1.29, 1.82) is 0 Å². The Morgan fingerprint density at radius 2 is 1.39 bits per heavy atom. The van der Waals surface area contributed by atoms with E-state index in [0.717, 1.165) is 31.4 Å². The van der Waals surface area contributed by atoms with Crippen molar-refractivity contribution in [2.45, 2.75) is 92.1 Å². The van der Waals surface area contributed by atoms with Crippen LogP contribution < -0.4 is 0 Å². The van der Waals surface area contributed by atoms with Crippen LogP contribution in [0.3, 0.4) is 0 Å². The van der Waals surface area contributed by atoms with Crippen molar-refractivity contribution in [3.05, 3.63) is 35.4 Å². The number of carbonyl (C=O) groups is 1. The van der Waals surface area contributed by atoms with Gasteiger partial charge in [-0.25, -0.2) is 4.79 Å². The van der Waals surface area contributed by atoms with Gasteiger partial charge in [-0.15, -0.1) is 0 Å². The van der Waals surface area contributed by atoms with E-state index in [2.05, 4.69) is 34.6 Å². The number of esters is 1. The van der Waals surface area contributed by atoms with Gasteiger partial charge < -0.3 is 9.47 Å². The average molecular weight is 391 g/mol. The van der Waals surface area contributed by atoms with Gasteiger partial charge in [-0.05, 0) is 49.3 Å². The zero-order valence-electron chi connectivity index (χ0n) is 18.8. The molecule has 1 aromatic carbocycles. The molecule has 0 heterocycles. The van der Waals surface area contributed by atoms with Crippen molar-refractivity contribution >= 4 is 5.97 Å². The Labute approximate surface area is 173 Å². The highest BCUT2D eigenvalue weighted by Crippen LogP contribution is 2.21. The fraction of sp³-hybridized carbons (Fsp3) is 0.720. The first kappa shape index (κ1) is 24.7. The lowest BCUT2D eigenvalue weighted by atomic mass is 10.0. The Morgan fingerprint density at radius 1 is 0.857 bits per heavy atom. The molecule has 3 atom stereocenters. The second kappa shape index (κ2) is 14.6. The summed E-state index contributed by atoms with van der Waals surface area (Å²) >= 11 is 0. The molecule has 3 nitrogen and oxygen atoms in total. The highest BCUT2D eigenvalue weighted by molar-refractivity contribution is 5.89. The number of carbonyl (C=O) groups excluding carboxylic acids is 1. The van der Waals surface area contributed by atoms with Crippen LogP contribution in [0.15, 0.2) is 24.3 Å². The topological polar surface area (TPSA) is 35.5 Å². The summed E-state index contributed by atoms with van der Waals surface area (Å²) < 4.78 is 11.6. The van der Waals surface area contributed by atoms with E-state index in [1.165, 1.54) is 32.1 Å². The molecule has 0 aliphatic carbocycles. The van der Waals surface area contributed by atoms with E-state index in [1.54, 1.807) is 0 Å². The zero-order chi connectivity index (χ0) is 20.8. The quantitative estimate of drug-likeness (QED) is 0.294. The molecule has 1 rings (SSSR count). The molecule has 160 valence electrons. The van der Waals surface area contributed by atoms with Gasteiger partial charge in [0.15, 0.2) is 0 Å². The molecule has 3 unspecified atom stereocenters. The Balaban J connectivity index is 2.49. The summed E-state index contributed by atoms with van der Waals surface area (Å²) in [6.45, 7) is 12.2. The largest absolute Gasteiger partial charge is 0.462 e. The van der Waals surface area contributed by atoms with E-state index in [4.69, 9.17) is 9.47 Å². The van der Waals surface area contributed by atoms with Crippen molar-refractivity contribution in [1.82, 2.24) is 0 Å². The maximum atomic E-state index is 12.3. The molecule has 0 fully saturated rings. The zero-order valence-corrected chi connectivity index (χ0v) is 18.8. The first-order valence-corrected chi connectivity index (χ1v) is 11.4. The van der Waals surface area contributed by atoms with E-state index < -0.39 is 0 Å². The third kappa shape index (κ3) is 9.23. The Morgan fingerprint density at radius 3 is 1.89 bits per heavy atom. The number of hydrogen-bond acceptors (Lipinski definition) is 3. The second-order valence-corrected chi connectivity index (χ2v) is 8.03. The first-order valence-electron chi connectivity index (χ1n) is 11.4. The van der Waals surface area contributed by atoms with Crippen LogP contribution in [0.25, 0.3) is 0 Å². The molecule has 0 radical (unpaired) electrons. The van der Waals surface area contributed by atoms with Gasteiger partial charge in [-0.3, -0.25) is 0 Å². The SMILES string of the molecule is CCCCC(CC)COC(=O)c1ccc(C(C)OCC(CC)CCCC)cc1. The summed E-state index contributed by atoms with van der Waals surface area (Å²) in [5, 5.41) is 0. The lowest BCUT2D eigenvalue weighted by Gasteiger charge is -2.19. The molecular weight excluding hydrogens is 348 g/mol. The Bertz CT molecular complexity index is 523. The van der Waals surface area contributed by atoms with Crippen LogP contribution in [-0.2, 0) is 9.47 Å². The van der Waals surface area contributed by atoms with Crippen LogP contribution in [0.4, 0.5) is 0 Å². The Hall–Kier alpha value is -1.35. The normalized spacial score (nSPS) is 14.5. The van der Waals surface area contributed by atoms with Gasteiger partial charge in [0, 0.05) is 0 Å². The standard InChI is InChI=1S/C25H42O3/c1-6-10-12-21(8-3)18-27-20(5)23-14-16-24(17-15-23)25(26)28-19-22(9-4)13-11-7-2/h14-17,20-22H,6-13,18-19H2,1-5H3. The highest BCUT2D eigenvalue weighted by atomic mass is 16.5. The number of benzene rings is 1. The third-order valence-electron chi connectivity index (χ3n) is 5.73. The molecule has 0 saturated carbocycles. The smallest absolute Gasteiger partial charge is 0.338 e. The summed E-state index contributed by atoms with van der Waals surface area (Å²) in [4.78, 5) is 12.3. The van der Waals surface area contributed by atoms with E-state index in [1.807, 2.05) is 24.3 Å². The highest BCUT2D eigenvalue weighted by Gasteiger charge is 2.14. The molecular formula is C25H42O3. The van der Waals surface area contributed by atoms with Crippen LogP contribution in [-0.4, -0.2) is 19.2 Å². The van der Waals surface area contributed by atoms with Gasteiger partial charge in [0.05, 0.1) is 24.9 Å². The molecule has 28 heavy (non-hydrogen) atoms. The maximum absolute atomic E-state index is 12.3. The number of rotatable bonds is 15. The van der Waals surface area contributed by atoms with Gasteiger partial charge in [-0.2, -0.15) is 0 Å². The van der Waals surface area contributed by atoms with Gasteiger partial charge in [0.25, 0.3) is 0 Å². The molecule has 0 N–H and O–H groups in total. The third-order valence-corrected chi connectivity index (χ3v) is 5.73. The monoisotopic (exact) mass is 390 g/mol. The van der Waals surface area contributed by atoms with Crippen molar-refractivity contribution < 1.29 is 14.3 Å². The number of unbranched alkanes of at least 4 members (excludes halogenated alkanes) is 2. The van der Waals surface area contributed by atoms with Crippen LogP contribution in [0.1, 0.15) is 108 Å². The minimum Gasteiger partial charge on any atom is -0.462 e. The van der Waals surface area contributed by atoms with Gasteiger partial charge in [0.1, 0.15) is 0 Å². The van der Waals surface area contributed by atoms with Crippen LogP contribution in [0, 0.1) is 11.8 Å². The number of hydrogen-bond donors (Lipinski definition) is 0. The average Bonchev–Trinajstić information content (AvgIpc) is 2.73. The summed E-state index contributed by atoms with van der Waals surface area (Å²) in [5.74, 6) is 0.882. The van der Waals surface area contributed by atoms with Crippen LogP contribution in [0.2, 0.25) is 0 Å². The lowest BCUT2D eigenvalue weighted by molar-refractivity contribution is 0.0356. The first-order chi connectivity index (χ1) is 13.5. The number of ether oxygens (including phenoxy) is 2. The fourth-order valence-electron chi connectivity index (χ4n) is 3.34. The van der Waals surface area contributed by atoms with E-state index in [9.17, 15) is 4.79 Å². The molecule has 3 heteroatoms. The minimum atomic E-state index is -0.222. The molecule has 0 aliphatic heterocycles. The predicted molar refractivity (Wildman–Crippen MR) is 118 cm³/mol. The molecule has 0 amide bonds. The predicted octanol–water partition coefficient (Wildman–Crippen LogP) is 7.35. The molecule has 0 bridgehead atoms. The van der Waals surface area contributed by atoms with Crippen molar-refractivity contribution in [3.63, 3.8) is 0 Å². The molecule has 0 spiro atoms. The van der Waals surface area contributed by atoms with Crippen LogP contribution >= 0.6 is 0 Å². The molecule has 0 saturated heterocycles. The van der Waals surface area contributed by atoms with Crippen molar-refractivity contribution in [2.75, 3.05) is 13.2 Å². The summed E-state index contributed by atoms with van der Waals surface area (Å²) in [5.41, 5.74) is 1.73. The summed E-state index contributed by atoms with van der Waals surface area (Å²) in [6.07, 6.45) is 9.51. The minimum absolute atomic E-state index is 0.0410. The summed E-state index contributed by atoms with van der Waals surface area (Å²) in [6, 6.07) is 7.70. The fourth-order valence-corrected chi connectivity index (χ4v) is 3.34. The molecule has 0 aliphatic rings. The van der Waals surface area contributed by atoms with Crippen LogP contribution in [0.5, 0.6) is 0 Å². The lowest BCUT2D eigenvalue weighted by Crippen LogP contribution is -2.14. The summed E-state index contributed by atoms with van der Waals surface area (Å²) in [7, 11) is 0. The van der Waals surface area contributed by atoms with Crippen molar-refractivity contribution in [2.24, 2.45) is 11.8 Å². The second-order valence-electron chi connectivity index (χ2n) is 8.03. The van der Waals surface area contributed by atoms with Gasteiger partial charge in [-0.1, -0.05) is 78.4 Å². The van der Waals surface area contributed by atoms with E-state index in [0.29, 0.717) is 24.0 Å². The van der Waals surface area contributed by atoms with Gasteiger partial charge in [0.2, 0.25) is 0 Å². The van der Waals surface area contributed by atoms with E-state index >= 15 is 0 Å². The van der Waals surface area contributed by atoms with Gasteiger partial charge >= 0.3 is 5.97 Å². The van der Waals surface area contributed by atoms with Crippen molar-refractivity contribution in [3.8, 4) is 0 Å². The maximum Gasteiger partial charge on any atom is 0.338 e. The molecule has 0 aromatic heterocycles. The van der Waals surface area contributed by atoms with E-state index in [-0.39, 0.29) is 12.1 Å². The molecule has 1 aromatic rings.